The summed E-state index contributed by atoms with van der Waals surface area (Å²) in [7, 11) is 0. The monoisotopic (exact) mass is 261 g/mol. The second-order valence-corrected chi connectivity index (χ2v) is 4.20. The first-order valence-electron chi connectivity index (χ1n) is 6.05. The van der Waals surface area contributed by atoms with Crippen molar-refractivity contribution in [3.05, 3.63) is 47.5 Å². The molecule has 0 N–H and O–H groups in total. The van der Waals surface area contributed by atoms with E-state index < -0.39 is 0 Å². The molecule has 0 aliphatic carbocycles. The van der Waals surface area contributed by atoms with Crippen LogP contribution in [-0.4, -0.2) is 29.6 Å². The number of halogens is 1. The Kier molecular flexibility index (Phi) is 3.82. The molecule has 0 radical (unpaired) electrons. The van der Waals surface area contributed by atoms with Crippen molar-refractivity contribution in [3.63, 3.8) is 0 Å². The standard InChI is InChI=1S/C14H15N3.ClH/c1-2-11-10-13(12-6-4-3-5-7-12)16-17-9-8-15-14(11)17;/h3-7,10H,2,8-9H2,1H3;1H. The van der Waals surface area contributed by atoms with Gasteiger partial charge in [-0.1, -0.05) is 37.3 Å². The van der Waals surface area contributed by atoms with Crippen LogP contribution >= 0.6 is 12.4 Å². The zero-order chi connectivity index (χ0) is 11.7. The molecule has 0 amide bonds. The van der Waals surface area contributed by atoms with Gasteiger partial charge in [-0.15, -0.1) is 12.4 Å². The Bertz CT molecular complexity index is 517. The van der Waals surface area contributed by atoms with E-state index in [0.29, 0.717) is 0 Å². The predicted molar refractivity (Wildman–Crippen MR) is 77.6 cm³/mol. The van der Waals surface area contributed by atoms with Crippen LogP contribution in [0.25, 0.3) is 0 Å². The van der Waals surface area contributed by atoms with E-state index in [1.165, 1.54) is 11.1 Å². The lowest BCUT2D eigenvalue weighted by molar-refractivity contribution is 0.486. The summed E-state index contributed by atoms with van der Waals surface area (Å²) < 4.78 is 0. The van der Waals surface area contributed by atoms with Crippen molar-refractivity contribution in [2.24, 2.45) is 10.1 Å². The van der Waals surface area contributed by atoms with Crippen LogP contribution in [0.5, 0.6) is 0 Å². The van der Waals surface area contributed by atoms with Crippen molar-refractivity contribution in [3.8, 4) is 0 Å². The van der Waals surface area contributed by atoms with Gasteiger partial charge in [0.15, 0.2) is 0 Å². The summed E-state index contributed by atoms with van der Waals surface area (Å²) >= 11 is 0. The highest BCUT2D eigenvalue weighted by atomic mass is 35.5. The van der Waals surface area contributed by atoms with Crippen molar-refractivity contribution in [1.29, 1.82) is 0 Å². The third kappa shape index (κ3) is 2.18. The van der Waals surface area contributed by atoms with Crippen LogP contribution in [0.3, 0.4) is 0 Å². The summed E-state index contributed by atoms with van der Waals surface area (Å²) in [6.45, 7) is 3.93. The Morgan fingerprint density at radius 3 is 2.72 bits per heavy atom. The molecule has 3 rings (SSSR count). The summed E-state index contributed by atoms with van der Waals surface area (Å²) in [4.78, 5) is 4.51. The average Bonchev–Trinajstić information content (AvgIpc) is 2.86. The normalized spacial score (nSPS) is 17.4. The van der Waals surface area contributed by atoms with Gasteiger partial charge in [-0.25, -0.2) is 5.01 Å². The zero-order valence-corrected chi connectivity index (χ0v) is 11.2. The highest BCUT2D eigenvalue weighted by Crippen LogP contribution is 2.20. The summed E-state index contributed by atoms with van der Waals surface area (Å²) in [6, 6.07) is 10.3. The fraction of sp³-hybridized carbons (Fsp3) is 0.286. The minimum absolute atomic E-state index is 0. The molecule has 0 unspecified atom stereocenters. The van der Waals surface area contributed by atoms with E-state index in [0.717, 1.165) is 31.1 Å². The molecule has 1 aromatic rings. The Hall–Kier alpha value is -1.61. The largest absolute Gasteiger partial charge is 0.265 e. The maximum Gasteiger partial charge on any atom is 0.147 e. The summed E-state index contributed by atoms with van der Waals surface area (Å²) in [5, 5.41) is 6.68. The van der Waals surface area contributed by atoms with Gasteiger partial charge in [0.05, 0.1) is 18.8 Å². The minimum Gasteiger partial charge on any atom is -0.265 e. The molecule has 0 atom stereocenters. The summed E-state index contributed by atoms with van der Waals surface area (Å²) in [6.07, 6.45) is 3.16. The van der Waals surface area contributed by atoms with Gasteiger partial charge in [0, 0.05) is 5.56 Å². The number of amidine groups is 1. The second kappa shape index (κ2) is 5.36. The Labute approximate surface area is 113 Å². The first kappa shape index (κ1) is 12.8. The molecule has 0 bridgehead atoms. The first-order chi connectivity index (χ1) is 8.38. The van der Waals surface area contributed by atoms with Crippen molar-refractivity contribution in [2.45, 2.75) is 13.3 Å². The van der Waals surface area contributed by atoms with Gasteiger partial charge in [-0.2, -0.15) is 5.10 Å². The molecule has 0 saturated heterocycles. The van der Waals surface area contributed by atoms with Gasteiger partial charge in [-0.3, -0.25) is 4.99 Å². The number of rotatable bonds is 2. The topological polar surface area (TPSA) is 28.0 Å². The number of hydrogen-bond donors (Lipinski definition) is 0. The van der Waals surface area contributed by atoms with E-state index in [1.54, 1.807) is 0 Å². The fourth-order valence-corrected chi connectivity index (χ4v) is 2.20. The number of benzene rings is 1. The van der Waals surface area contributed by atoms with E-state index in [2.05, 4.69) is 35.2 Å². The highest BCUT2D eigenvalue weighted by Gasteiger charge is 2.24. The first-order valence-corrected chi connectivity index (χ1v) is 6.05. The highest BCUT2D eigenvalue weighted by molar-refractivity contribution is 6.16. The van der Waals surface area contributed by atoms with Crippen LogP contribution in [0.4, 0.5) is 0 Å². The molecular formula is C14H16ClN3. The van der Waals surface area contributed by atoms with Crippen LogP contribution < -0.4 is 0 Å². The van der Waals surface area contributed by atoms with Gasteiger partial charge < -0.3 is 0 Å². The second-order valence-electron chi connectivity index (χ2n) is 4.20. The molecule has 1 aromatic carbocycles. The molecule has 0 fully saturated rings. The van der Waals surface area contributed by atoms with E-state index >= 15 is 0 Å². The SMILES string of the molecule is CCC1=CC(c2ccccc2)=NN2CCN=C12.Cl. The van der Waals surface area contributed by atoms with Crippen molar-refractivity contribution >= 4 is 24.0 Å². The summed E-state index contributed by atoms with van der Waals surface area (Å²) in [5.41, 5.74) is 3.50. The quantitative estimate of drug-likeness (QED) is 0.805. The molecule has 2 aliphatic heterocycles. The molecule has 0 spiro atoms. The number of hydrazone groups is 1. The van der Waals surface area contributed by atoms with E-state index in [1.807, 2.05) is 23.2 Å². The van der Waals surface area contributed by atoms with Crippen molar-refractivity contribution in [2.75, 3.05) is 13.1 Å². The van der Waals surface area contributed by atoms with Crippen molar-refractivity contribution < 1.29 is 0 Å². The zero-order valence-electron chi connectivity index (χ0n) is 10.3. The molecule has 2 aliphatic rings. The number of nitrogens with zero attached hydrogens (tertiary/aromatic N) is 3. The molecule has 94 valence electrons. The molecule has 2 heterocycles. The third-order valence-corrected chi connectivity index (χ3v) is 3.09. The Morgan fingerprint density at radius 1 is 1.22 bits per heavy atom. The van der Waals surface area contributed by atoms with Gasteiger partial charge in [0.25, 0.3) is 0 Å². The molecule has 4 heteroatoms. The smallest absolute Gasteiger partial charge is 0.147 e. The number of aliphatic imine (C=N–C) groups is 1. The molecule has 3 nitrogen and oxygen atoms in total. The lowest BCUT2D eigenvalue weighted by atomic mass is 10.0. The minimum atomic E-state index is 0. The van der Waals surface area contributed by atoms with Crippen LogP contribution in [0, 0.1) is 0 Å². The van der Waals surface area contributed by atoms with E-state index in [4.69, 9.17) is 0 Å². The van der Waals surface area contributed by atoms with Gasteiger partial charge >= 0.3 is 0 Å². The van der Waals surface area contributed by atoms with Gasteiger partial charge in [0.2, 0.25) is 0 Å². The number of hydrogen-bond acceptors (Lipinski definition) is 3. The van der Waals surface area contributed by atoms with Crippen molar-refractivity contribution in [1.82, 2.24) is 5.01 Å². The van der Waals surface area contributed by atoms with Crippen LogP contribution in [-0.2, 0) is 0 Å². The lowest BCUT2D eigenvalue weighted by Gasteiger charge is -2.22. The average molecular weight is 262 g/mol. The van der Waals surface area contributed by atoms with Crippen LogP contribution in [0.2, 0.25) is 0 Å². The van der Waals surface area contributed by atoms with Crippen LogP contribution in [0.15, 0.2) is 52.1 Å². The summed E-state index contributed by atoms with van der Waals surface area (Å²) in [5.74, 6) is 1.06. The Balaban J connectivity index is 0.00000120. The number of fused-ring (bicyclic) bond motifs is 1. The van der Waals surface area contributed by atoms with Gasteiger partial charge in [-0.05, 0) is 18.1 Å². The predicted octanol–water partition coefficient (Wildman–Crippen LogP) is 2.88. The Morgan fingerprint density at radius 2 is 2.00 bits per heavy atom. The molecule has 18 heavy (non-hydrogen) atoms. The third-order valence-electron chi connectivity index (χ3n) is 3.09. The number of allylic oxidation sites excluding steroid dienone is 1. The molecule has 0 aromatic heterocycles. The van der Waals surface area contributed by atoms with Crippen LogP contribution in [0.1, 0.15) is 18.9 Å². The maximum atomic E-state index is 4.66. The van der Waals surface area contributed by atoms with E-state index in [9.17, 15) is 0 Å². The van der Waals surface area contributed by atoms with E-state index in [-0.39, 0.29) is 12.4 Å². The molecular weight excluding hydrogens is 246 g/mol. The lowest BCUT2D eigenvalue weighted by Crippen LogP contribution is -2.29. The maximum absolute atomic E-state index is 4.66. The molecule has 0 saturated carbocycles. The van der Waals surface area contributed by atoms with Gasteiger partial charge in [0.1, 0.15) is 5.84 Å². The fourth-order valence-electron chi connectivity index (χ4n) is 2.20.